The molecule has 0 saturated carbocycles. The first-order valence-electron chi connectivity index (χ1n) is 12.2. The first-order chi connectivity index (χ1) is 17.6. The summed E-state index contributed by atoms with van der Waals surface area (Å²) < 4.78 is 31.2. The molecule has 1 N–H and O–H groups in total. The van der Waals surface area contributed by atoms with Crippen molar-refractivity contribution in [2.75, 3.05) is 37.3 Å². The minimum atomic E-state index is -3.10. The van der Waals surface area contributed by atoms with Gasteiger partial charge in [-0.05, 0) is 56.7 Å². The van der Waals surface area contributed by atoms with E-state index in [9.17, 15) is 8.42 Å². The molecule has 0 aliphatic carbocycles. The number of hydrogen-bond donors (Lipinski definition) is 1. The van der Waals surface area contributed by atoms with Gasteiger partial charge in [0.2, 0.25) is 10.0 Å². The molecule has 4 aromatic rings. The SMILES string of the molecule is Cc1cnnc(C)c1C(C)Oc1ccc2[nH]nc(-c3ccc(N4CC5(C4)CN(S(C)(=O)=O)C5)nc3)c2c1. The predicted molar refractivity (Wildman–Crippen MR) is 141 cm³/mol. The van der Waals surface area contributed by atoms with Gasteiger partial charge in [0.15, 0.2) is 0 Å². The Kier molecular flexibility index (Phi) is 5.46. The second-order valence-corrected chi connectivity index (χ2v) is 12.3. The van der Waals surface area contributed by atoms with E-state index in [0.717, 1.165) is 63.6 Å². The summed E-state index contributed by atoms with van der Waals surface area (Å²) in [5.41, 5.74) is 5.67. The fraction of sp³-hybridized carbons (Fsp3) is 0.385. The number of ether oxygens (including phenoxy) is 1. The third-order valence-electron chi connectivity index (χ3n) is 7.42. The number of nitrogens with zero attached hydrogens (tertiary/aromatic N) is 6. The molecular weight excluding hydrogens is 490 g/mol. The van der Waals surface area contributed by atoms with E-state index in [0.29, 0.717) is 13.1 Å². The number of benzene rings is 1. The second kappa shape index (κ2) is 8.49. The number of sulfonamides is 1. The van der Waals surface area contributed by atoms with Crippen molar-refractivity contribution in [3.8, 4) is 17.0 Å². The maximum atomic E-state index is 11.7. The van der Waals surface area contributed by atoms with E-state index in [4.69, 9.17) is 4.74 Å². The van der Waals surface area contributed by atoms with Crippen LogP contribution >= 0.6 is 0 Å². The fourth-order valence-corrected chi connectivity index (χ4v) is 6.57. The number of nitrogens with one attached hydrogen (secondary N) is 1. The van der Waals surface area contributed by atoms with Crippen LogP contribution in [0.15, 0.2) is 42.7 Å². The van der Waals surface area contributed by atoms with Gasteiger partial charge in [-0.1, -0.05) is 0 Å². The number of fused-ring (bicyclic) bond motifs is 1. The van der Waals surface area contributed by atoms with Crippen LogP contribution < -0.4 is 9.64 Å². The fourth-order valence-electron chi connectivity index (χ4n) is 5.55. The maximum Gasteiger partial charge on any atom is 0.211 e. The van der Waals surface area contributed by atoms with Gasteiger partial charge in [-0.25, -0.2) is 17.7 Å². The summed E-state index contributed by atoms with van der Waals surface area (Å²) >= 11 is 0. The zero-order valence-electron chi connectivity index (χ0n) is 21.3. The van der Waals surface area contributed by atoms with Gasteiger partial charge in [0.05, 0.1) is 23.7 Å². The van der Waals surface area contributed by atoms with E-state index in [1.165, 1.54) is 6.26 Å². The number of hydrogen-bond acceptors (Lipinski definition) is 8. The summed E-state index contributed by atoms with van der Waals surface area (Å²) in [5, 5.41) is 16.8. The highest BCUT2D eigenvalue weighted by Crippen LogP contribution is 2.42. The van der Waals surface area contributed by atoms with Crippen molar-refractivity contribution >= 4 is 26.7 Å². The third kappa shape index (κ3) is 4.21. The van der Waals surface area contributed by atoms with E-state index < -0.39 is 10.0 Å². The molecule has 0 bridgehead atoms. The third-order valence-corrected chi connectivity index (χ3v) is 8.61. The number of H-pyrrole nitrogens is 1. The van der Waals surface area contributed by atoms with Crippen molar-refractivity contribution in [2.24, 2.45) is 5.41 Å². The zero-order valence-corrected chi connectivity index (χ0v) is 22.1. The molecule has 1 atom stereocenters. The lowest BCUT2D eigenvalue weighted by Gasteiger charge is -2.59. The zero-order chi connectivity index (χ0) is 25.9. The Hall–Kier alpha value is -3.57. The Balaban J connectivity index is 1.18. The minimum Gasteiger partial charge on any atom is -0.486 e. The Morgan fingerprint density at radius 2 is 1.86 bits per heavy atom. The van der Waals surface area contributed by atoms with Gasteiger partial charge in [0.1, 0.15) is 23.4 Å². The van der Waals surface area contributed by atoms with Crippen LogP contribution in [0.1, 0.15) is 29.8 Å². The second-order valence-electron chi connectivity index (χ2n) is 10.4. The van der Waals surface area contributed by atoms with Crippen LogP contribution in [0.5, 0.6) is 5.75 Å². The highest BCUT2D eigenvalue weighted by atomic mass is 32.2. The summed E-state index contributed by atoms with van der Waals surface area (Å²) in [7, 11) is -3.10. The number of aromatic nitrogens is 5. The molecule has 0 amide bonds. The molecule has 6 rings (SSSR count). The minimum absolute atomic E-state index is 0.0682. The van der Waals surface area contributed by atoms with Crippen LogP contribution in [-0.2, 0) is 10.0 Å². The van der Waals surface area contributed by atoms with Gasteiger partial charge in [0, 0.05) is 54.3 Å². The number of rotatable bonds is 6. The quantitative estimate of drug-likeness (QED) is 0.413. The molecule has 2 aliphatic rings. The Bertz CT molecular complexity index is 1570. The van der Waals surface area contributed by atoms with Crippen molar-refractivity contribution in [3.63, 3.8) is 0 Å². The molecule has 1 unspecified atom stereocenters. The van der Waals surface area contributed by atoms with Gasteiger partial charge in [-0.15, -0.1) is 0 Å². The molecule has 3 aromatic heterocycles. The van der Waals surface area contributed by atoms with Crippen LogP contribution in [0, 0.1) is 19.3 Å². The van der Waals surface area contributed by atoms with Gasteiger partial charge in [0.25, 0.3) is 0 Å². The summed E-state index contributed by atoms with van der Waals surface area (Å²) in [6, 6.07) is 9.93. The number of aromatic amines is 1. The standard InChI is InChI=1S/C26H29N7O3S/c1-16-10-28-29-17(2)24(16)18(3)36-20-6-7-22-21(9-20)25(31-30-22)19-5-8-23(27-11-19)32-12-26(13-32)14-33(15-26)37(4,34)35/h5-11,18H,12-15H2,1-4H3,(H,30,31). The number of pyridine rings is 1. The van der Waals surface area contributed by atoms with Crippen molar-refractivity contribution in [3.05, 3.63) is 59.5 Å². The lowest BCUT2D eigenvalue weighted by molar-refractivity contribution is 0.0395. The maximum absolute atomic E-state index is 11.7. The topological polar surface area (TPSA) is 117 Å². The lowest BCUT2D eigenvalue weighted by Crippen LogP contribution is -2.73. The largest absolute Gasteiger partial charge is 0.486 e. The van der Waals surface area contributed by atoms with E-state index in [1.807, 2.05) is 57.3 Å². The van der Waals surface area contributed by atoms with Crippen LogP contribution in [0.3, 0.4) is 0 Å². The van der Waals surface area contributed by atoms with Crippen molar-refractivity contribution in [1.29, 1.82) is 0 Å². The first kappa shape index (κ1) is 23.8. The van der Waals surface area contributed by atoms with Gasteiger partial charge < -0.3 is 9.64 Å². The van der Waals surface area contributed by atoms with Gasteiger partial charge >= 0.3 is 0 Å². The van der Waals surface area contributed by atoms with Gasteiger partial charge in [-0.3, -0.25) is 5.10 Å². The first-order valence-corrected chi connectivity index (χ1v) is 14.1. The summed E-state index contributed by atoms with van der Waals surface area (Å²) in [6.45, 7) is 8.81. The van der Waals surface area contributed by atoms with E-state index in [1.54, 1.807) is 10.5 Å². The molecule has 5 heterocycles. The Morgan fingerprint density at radius 3 is 2.54 bits per heavy atom. The highest BCUT2D eigenvalue weighted by Gasteiger charge is 2.54. The number of anilines is 1. The van der Waals surface area contributed by atoms with E-state index in [2.05, 4.69) is 30.3 Å². The molecule has 2 saturated heterocycles. The monoisotopic (exact) mass is 519 g/mol. The lowest BCUT2D eigenvalue weighted by atomic mass is 9.74. The smallest absolute Gasteiger partial charge is 0.211 e. The van der Waals surface area contributed by atoms with Gasteiger partial charge in [-0.2, -0.15) is 15.3 Å². The molecule has 192 valence electrons. The van der Waals surface area contributed by atoms with Crippen molar-refractivity contribution in [1.82, 2.24) is 29.7 Å². The molecule has 2 fully saturated rings. The highest BCUT2D eigenvalue weighted by molar-refractivity contribution is 7.88. The predicted octanol–water partition coefficient (Wildman–Crippen LogP) is 3.25. The Labute approximate surface area is 215 Å². The average molecular weight is 520 g/mol. The molecule has 2 aliphatic heterocycles. The number of aryl methyl sites for hydroxylation is 2. The van der Waals surface area contributed by atoms with Crippen LogP contribution in [0.25, 0.3) is 22.2 Å². The van der Waals surface area contributed by atoms with Crippen molar-refractivity contribution < 1.29 is 13.2 Å². The Morgan fingerprint density at radius 1 is 1.08 bits per heavy atom. The van der Waals surface area contributed by atoms with Crippen LogP contribution in [-0.4, -0.2) is 70.5 Å². The molecule has 11 heteroatoms. The van der Waals surface area contributed by atoms with E-state index in [-0.39, 0.29) is 11.5 Å². The summed E-state index contributed by atoms with van der Waals surface area (Å²) in [5.74, 6) is 1.64. The normalized spacial score (nSPS) is 18.0. The molecular formula is C26H29N7O3S. The van der Waals surface area contributed by atoms with Crippen LogP contribution in [0.2, 0.25) is 0 Å². The van der Waals surface area contributed by atoms with Crippen LogP contribution in [0.4, 0.5) is 5.82 Å². The summed E-state index contributed by atoms with van der Waals surface area (Å²) in [6.07, 6.45) is 4.69. The van der Waals surface area contributed by atoms with E-state index >= 15 is 0 Å². The average Bonchev–Trinajstić information content (AvgIpc) is 3.20. The molecule has 0 radical (unpaired) electrons. The molecule has 10 nitrogen and oxygen atoms in total. The van der Waals surface area contributed by atoms with Crippen molar-refractivity contribution in [2.45, 2.75) is 26.9 Å². The molecule has 1 spiro atoms. The molecule has 1 aromatic carbocycles. The summed E-state index contributed by atoms with van der Waals surface area (Å²) in [4.78, 5) is 6.87. The molecule has 37 heavy (non-hydrogen) atoms.